The number of aliphatic carboxylic acids is 1. The second kappa shape index (κ2) is 9.21. The molecule has 3 aliphatic heterocycles. The summed E-state index contributed by atoms with van der Waals surface area (Å²) >= 11 is 6.42. The Bertz CT molecular complexity index is 1530. The van der Waals surface area contributed by atoms with Crippen molar-refractivity contribution in [1.29, 1.82) is 0 Å². The molecular formula is C29H24ClN3O6. The Morgan fingerprint density at radius 3 is 2.38 bits per heavy atom. The normalized spacial score (nSPS) is 25.4. The van der Waals surface area contributed by atoms with Crippen LogP contribution in [0.2, 0.25) is 5.02 Å². The van der Waals surface area contributed by atoms with E-state index in [1.54, 1.807) is 65.6 Å². The molecule has 39 heavy (non-hydrogen) atoms. The summed E-state index contributed by atoms with van der Waals surface area (Å²) in [5.41, 5.74) is 0.535. The lowest BCUT2D eigenvalue weighted by atomic mass is 9.76. The molecule has 3 amide bonds. The van der Waals surface area contributed by atoms with Crippen LogP contribution in [-0.2, 0) is 31.3 Å². The summed E-state index contributed by atoms with van der Waals surface area (Å²) in [4.78, 5) is 56.8. The van der Waals surface area contributed by atoms with E-state index in [1.807, 2.05) is 12.1 Å². The molecule has 9 nitrogen and oxygen atoms in total. The SMILES string of the molecule is COc1ccc(N2C(=O)[C@H]3[C@H](CC(=O)O)N[C@@]4(C(=O)N(Cc5ccccc5Cl)c5ccccc54)[C@@H]3C2=O)cc1. The van der Waals surface area contributed by atoms with Crippen LogP contribution in [0, 0.1) is 11.8 Å². The Morgan fingerprint density at radius 2 is 1.69 bits per heavy atom. The Kier molecular flexibility index (Phi) is 5.93. The number of nitrogens with zero attached hydrogens (tertiary/aromatic N) is 2. The minimum Gasteiger partial charge on any atom is -0.497 e. The van der Waals surface area contributed by atoms with Gasteiger partial charge in [-0.2, -0.15) is 0 Å². The summed E-state index contributed by atoms with van der Waals surface area (Å²) in [6, 6.07) is 19.8. The Labute approximate surface area is 228 Å². The topological polar surface area (TPSA) is 116 Å². The zero-order valence-electron chi connectivity index (χ0n) is 20.8. The number of carbonyl (C=O) groups is 4. The number of imide groups is 1. The van der Waals surface area contributed by atoms with Crippen molar-refractivity contribution in [2.24, 2.45) is 11.8 Å². The highest BCUT2D eigenvalue weighted by Crippen LogP contribution is 2.55. The fourth-order valence-corrected chi connectivity index (χ4v) is 6.45. The summed E-state index contributed by atoms with van der Waals surface area (Å²) in [5, 5.41) is 13.4. The van der Waals surface area contributed by atoms with Crippen molar-refractivity contribution < 1.29 is 29.0 Å². The monoisotopic (exact) mass is 545 g/mol. The highest BCUT2D eigenvalue weighted by Gasteiger charge is 2.71. The molecule has 0 unspecified atom stereocenters. The largest absolute Gasteiger partial charge is 0.497 e. The molecule has 3 aromatic carbocycles. The zero-order valence-corrected chi connectivity index (χ0v) is 21.6. The first kappa shape index (κ1) is 25.1. The van der Waals surface area contributed by atoms with Crippen LogP contribution < -0.4 is 19.9 Å². The van der Waals surface area contributed by atoms with Gasteiger partial charge in [0, 0.05) is 22.3 Å². The third-order valence-corrected chi connectivity index (χ3v) is 8.25. The van der Waals surface area contributed by atoms with Crippen molar-refractivity contribution in [1.82, 2.24) is 5.32 Å². The van der Waals surface area contributed by atoms with E-state index in [-0.39, 0.29) is 6.54 Å². The first-order chi connectivity index (χ1) is 18.8. The quantitative estimate of drug-likeness (QED) is 0.456. The number of carboxylic acid groups (broad SMARTS) is 1. The van der Waals surface area contributed by atoms with Gasteiger partial charge in [0.05, 0.1) is 37.6 Å². The van der Waals surface area contributed by atoms with E-state index in [1.165, 1.54) is 7.11 Å². The van der Waals surface area contributed by atoms with Crippen molar-refractivity contribution in [3.8, 4) is 5.75 Å². The number of carboxylic acids is 1. The molecule has 0 aliphatic carbocycles. The van der Waals surface area contributed by atoms with Gasteiger partial charge in [-0.25, -0.2) is 4.90 Å². The van der Waals surface area contributed by atoms with Crippen molar-refractivity contribution in [3.63, 3.8) is 0 Å². The van der Waals surface area contributed by atoms with Crippen LogP contribution in [0.15, 0.2) is 72.8 Å². The maximum atomic E-state index is 14.4. The third kappa shape index (κ3) is 3.65. The number of hydrogen-bond acceptors (Lipinski definition) is 6. The van der Waals surface area contributed by atoms with Crippen LogP contribution >= 0.6 is 11.6 Å². The summed E-state index contributed by atoms with van der Waals surface area (Å²) < 4.78 is 5.20. The minimum absolute atomic E-state index is 0.143. The Morgan fingerprint density at radius 1 is 1.00 bits per heavy atom. The number of halogens is 1. The van der Waals surface area contributed by atoms with Crippen molar-refractivity contribution in [2.45, 2.75) is 24.5 Å². The van der Waals surface area contributed by atoms with E-state index >= 15 is 0 Å². The fourth-order valence-electron chi connectivity index (χ4n) is 6.25. The molecule has 0 radical (unpaired) electrons. The minimum atomic E-state index is -1.61. The Hall–Kier alpha value is -4.21. The van der Waals surface area contributed by atoms with Crippen molar-refractivity contribution in [3.05, 3.63) is 88.9 Å². The second-order valence-electron chi connectivity index (χ2n) is 9.87. The van der Waals surface area contributed by atoms with Crippen LogP contribution in [0.1, 0.15) is 17.5 Å². The lowest BCUT2D eigenvalue weighted by Crippen LogP contribution is -2.55. The molecule has 2 fully saturated rings. The smallest absolute Gasteiger partial charge is 0.304 e. The molecule has 10 heteroatoms. The van der Waals surface area contributed by atoms with Gasteiger partial charge < -0.3 is 14.7 Å². The predicted molar refractivity (Wildman–Crippen MR) is 142 cm³/mol. The molecule has 6 rings (SSSR count). The summed E-state index contributed by atoms with van der Waals surface area (Å²) in [7, 11) is 1.51. The number of carbonyl (C=O) groups excluding carboxylic acids is 3. The lowest BCUT2D eigenvalue weighted by Gasteiger charge is -2.30. The van der Waals surface area contributed by atoms with E-state index in [4.69, 9.17) is 16.3 Å². The first-order valence-electron chi connectivity index (χ1n) is 12.4. The van der Waals surface area contributed by atoms with Gasteiger partial charge in [0.1, 0.15) is 11.3 Å². The average Bonchev–Trinajstić information content (AvgIpc) is 3.48. The lowest BCUT2D eigenvalue weighted by molar-refractivity contribution is -0.138. The van der Waals surface area contributed by atoms with Gasteiger partial charge in [-0.1, -0.05) is 48.0 Å². The number of fused-ring (bicyclic) bond motifs is 4. The molecule has 0 saturated carbocycles. The van der Waals surface area contributed by atoms with E-state index in [0.29, 0.717) is 33.3 Å². The van der Waals surface area contributed by atoms with E-state index in [9.17, 15) is 24.3 Å². The number of methoxy groups -OCH3 is 1. The average molecular weight is 546 g/mol. The molecule has 3 aliphatic rings. The highest BCUT2D eigenvalue weighted by molar-refractivity contribution is 6.31. The predicted octanol–water partition coefficient (Wildman–Crippen LogP) is 3.34. The van der Waals surface area contributed by atoms with Gasteiger partial charge in [-0.3, -0.25) is 24.5 Å². The molecule has 3 aromatic rings. The number of benzene rings is 3. The van der Waals surface area contributed by atoms with Crippen molar-refractivity contribution >= 4 is 46.7 Å². The number of para-hydroxylation sites is 1. The molecule has 2 saturated heterocycles. The van der Waals surface area contributed by atoms with Crippen LogP contribution in [0.25, 0.3) is 0 Å². The number of amides is 3. The molecule has 198 valence electrons. The summed E-state index contributed by atoms with van der Waals surface area (Å²) in [5.74, 6) is -4.30. The highest BCUT2D eigenvalue weighted by atomic mass is 35.5. The maximum Gasteiger partial charge on any atom is 0.304 e. The van der Waals surface area contributed by atoms with Gasteiger partial charge in [0.15, 0.2) is 0 Å². The fraction of sp³-hybridized carbons (Fsp3) is 0.241. The van der Waals surface area contributed by atoms with Gasteiger partial charge in [0.25, 0.3) is 5.91 Å². The second-order valence-corrected chi connectivity index (χ2v) is 10.3. The number of ether oxygens (including phenoxy) is 1. The van der Waals surface area contributed by atoms with Gasteiger partial charge in [0.2, 0.25) is 11.8 Å². The van der Waals surface area contributed by atoms with Gasteiger partial charge >= 0.3 is 5.97 Å². The molecule has 3 heterocycles. The number of rotatable bonds is 6. The van der Waals surface area contributed by atoms with E-state index < -0.39 is 53.5 Å². The first-order valence-corrected chi connectivity index (χ1v) is 12.8. The molecule has 0 aromatic heterocycles. The number of hydrogen-bond donors (Lipinski definition) is 2. The molecular weight excluding hydrogens is 522 g/mol. The molecule has 1 spiro atoms. The van der Waals surface area contributed by atoms with E-state index in [2.05, 4.69) is 5.32 Å². The molecule has 0 bridgehead atoms. The van der Waals surface area contributed by atoms with Crippen LogP contribution in [-0.4, -0.2) is 41.9 Å². The van der Waals surface area contributed by atoms with Crippen molar-refractivity contribution in [2.75, 3.05) is 16.9 Å². The Balaban J connectivity index is 1.48. The van der Waals surface area contributed by atoms with Gasteiger partial charge in [-0.05, 0) is 42.0 Å². The van der Waals surface area contributed by atoms with Crippen LogP contribution in [0.4, 0.5) is 11.4 Å². The van der Waals surface area contributed by atoms with Crippen LogP contribution in [0.5, 0.6) is 5.75 Å². The zero-order chi connectivity index (χ0) is 27.5. The third-order valence-electron chi connectivity index (χ3n) is 7.88. The number of anilines is 2. The van der Waals surface area contributed by atoms with E-state index in [0.717, 1.165) is 4.90 Å². The number of nitrogens with one attached hydrogen (secondary N) is 1. The van der Waals surface area contributed by atoms with Gasteiger partial charge in [-0.15, -0.1) is 0 Å². The summed E-state index contributed by atoms with van der Waals surface area (Å²) in [6.07, 6.45) is -0.432. The maximum absolute atomic E-state index is 14.4. The van der Waals surface area contributed by atoms with Crippen LogP contribution in [0.3, 0.4) is 0 Å². The summed E-state index contributed by atoms with van der Waals surface area (Å²) in [6.45, 7) is 0.143. The molecule has 4 atom stereocenters. The standard InChI is InChI=1S/C29H24ClN3O6/c1-39-18-12-10-17(11-13-18)33-26(36)24-21(14-23(34)35)31-29(25(24)27(33)37)19-7-3-5-9-22(19)32(28(29)38)15-16-6-2-4-8-20(16)30/h2-13,21,24-25,31H,14-15H2,1H3,(H,34,35)/t21-,24-,25-,29+/m0/s1. The molecule has 2 N–H and O–H groups in total.